The molecule has 0 atom stereocenters. The molecule has 0 spiro atoms. The highest BCUT2D eigenvalue weighted by molar-refractivity contribution is 5.72. The van der Waals surface area contributed by atoms with Gasteiger partial charge < -0.3 is 16.0 Å². The number of carbonyl (C=O) groups is 1. The van der Waals surface area contributed by atoms with Crippen molar-refractivity contribution in [3.8, 4) is 0 Å². The third-order valence-corrected chi connectivity index (χ3v) is 3.66. The molecule has 0 aliphatic carbocycles. The predicted molar refractivity (Wildman–Crippen MR) is 66.3 cm³/mol. The molecule has 3 N–H and O–H groups in total. The van der Waals surface area contributed by atoms with Gasteiger partial charge in [-0.15, -0.1) is 0 Å². The Morgan fingerprint density at radius 1 is 1.38 bits per heavy atom. The first-order valence-corrected chi connectivity index (χ1v) is 6.45. The molecule has 1 fully saturated rings. The van der Waals surface area contributed by atoms with Crippen LogP contribution in [-0.2, 0) is 0 Å². The maximum Gasteiger partial charge on any atom is 0.314 e. The number of nitrogens with one attached hydrogen (secondary N) is 1. The van der Waals surface area contributed by atoms with Crippen molar-refractivity contribution in [1.82, 2.24) is 10.2 Å². The van der Waals surface area contributed by atoms with Gasteiger partial charge in [-0.2, -0.15) is 0 Å². The van der Waals surface area contributed by atoms with Crippen molar-refractivity contribution >= 4 is 6.03 Å². The largest absolute Gasteiger partial charge is 0.351 e. The second-order valence-electron chi connectivity index (χ2n) is 4.69. The van der Waals surface area contributed by atoms with Crippen LogP contribution in [0.5, 0.6) is 0 Å². The first-order valence-electron chi connectivity index (χ1n) is 6.45. The van der Waals surface area contributed by atoms with Gasteiger partial charge in [0.05, 0.1) is 0 Å². The molecule has 1 rings (SSSR count). The minimum atomic E-state index is -0.279. The van der Waals surface area contributed by atoms with Crippen LogP contribution >= 0.6 is 0 Å². The molecule has 1 aliphatic rings. The highest BCUT2D eigenvalue weighted by atomic mass is 16.2. The summed E-state index contributed by atoms with van der Waals surface area (Å²) in [5, 5.41) is 3.60. The Labute approximate surface area is 98.6 Å². The summed E-state index contributed by atoms with van der Waals surface area (Å²) in [6, 6.07) is 0.287. The summed E-state index contributed by atoms with van der Waals surface area (Å²) in [5.74, 6) is 0.786. The molecular weight excluding hydrogens is 202 g/mol. The lowest BCUT2D eigenvalue weighted by molar-refractivity contribution is 0.183. The van der Waals surface area contributed by atoms with Crippen LogP contribution in [0.25, 0.3) is 0 Å². The van der Waals surface area contributed by atoms with Gasteiger partial charge in [-0.3, -0.25) is 0 Å². The molecule has 0 aromatic heterocycles. The van der Waals surface area contributed by atoms with E-state index in [4.69, 9.17) is 5.73 Å². The monoisotopic (exact) mass is 227 g/mol. The zero-order valence-electron chi connectivity index (χ0n) is 10.5. The van der Waals surface area contributed by atoms with Crippen molar-refractivity contribution in [1.29, 1.82) is 0 Å². The van der Waals surface area contributed by atoms with Crippen LogP contribution in [0.4, 0.5) is 4.79 Å². The first kappa shape index (κ1) is 13.3. The summed E-state index contributed by atoms with van der Waals surface area (Å²) < 4.78 is 0. The van der Waals surface area contributed by atoms with E-state index >= 15 is 0 Å². The number of hydrogen-bond donors (Lipinski definition) is 2. The van der Waals surface area contributed by atoms with Gasteiger partial charge in [-0.25, -0.2) is 4.79 Å². The van der Waals surface area contributed by atoms with E-state index in [2.05, 4.69) is 19.2 Å². The maximum absolute atomic E-state index is 10.9. The number of nitrogens with two attached hydrogens (primary N) is 1. The minimum absolute atomic E-state index is 0.279. The molecule has 4 heteroatoms. The Morgan fingerprint density at radius 2 is 1.94 bits per heavy atom. The topological polar surface area (TPSA) is 58.4 Å². The fourth-order valence-corrected chi connectivity index (χ4v) is 2.21. The van der Waals surface area contributed by atoms with Crippen LogP contribution in [-0.4, -0.2) is 36.6 Å². The van der Waals surface area contributed by atoms with E-state index in [1.165, 1.54) is 12.8 Å². The lowest BCUT2D eigenvalue weighted by atomic mass is 10.0. The SMILES string of the molecule is CCC(CC)CNC1CCN(C(N)=O)CC1. The van der Waals surface area contributed by atoms with Crippen LogP contribution in [0, 0.1) is 5.92 Å². The molecule has 1 heterocycles. The van der Waals surface area contributed by atoms with Crippen LogP contribution in [0.15, 0.2) is 0 Å². The molecule has 0 radical (unpaired) electrons. The molecule has 0 bridgehead atoms. The van der Waals surface area contributed by atoms with E-state index < -0.39 is 0 Å². The second kappa shape index (κ2) is 6.74. The highest BCUT2D eigenvalue weighted by Gasteiger charge is 2.21. The van der Waals surface area contributed by atoms with Gasteiger partial charge in [-0.05, 0) is 25.3 Å². The van der Waals surface area contributed by atoms with E-state index in [1.54, 1.807) is 4.90 Å². The Morgan fingerprint density at radius 3 is 2.38 bits per heavy atom. The average Bonchev–Trinajstić information content (AvgIpc) is 2.31. The second-order valence-corrected chi connectivity index (χ2v) is 4.69. The number of hydrogen-bond acceptors (Lipinski definition) is 2. The summed E-state index contributed by atoms with van der Waals surface area (Å²) in [6.45, 7) is 7.19. The van der Waals surface area contributed by atoms with Crippen molar-refractivity contribution in [2.45, 2.75) is 45.6 Å². The molecule has 2 amide bonds. The van der Waals surface area contributed by atoms with Gasteiger partial charge in [0.25, 0.3) is 0 Å². The van der Waals surface area contributed by atoms with Crippen molar-refractivity contribution in [2.75, 3.05) is 19.6 Å². The summed E-state index contributed by atoms with van der Waals surface area (Å²) >= 11 is 0. The van der Waals surface area contributed by atoms with Crippen LogP contribution in [0.1, 0.15) is 39.5 Å². The highest BCUT2D eigenvalue weighted by Crippen LogP contribution is 2.12. The number of piperidine rings is 1. The molecule has 4 nitrogen and oxygen atoms in total. The van der Waals surface area contributed by atoms with Crippen molar-refractivity contribution in [2.24, 2.45) is 11.7 Å². The Bertz CT molecular complexity index is 208. The average molecular weight is 227 g/mol. The van der Waals surface area contributed by atoms with Gasteiger partial charge in [-0.1, -0.05) is 26.7 Å². The molecule has 0 aromatic carbocycles. The molecular formula is C12H25N3O. The third kappa shape index (κ3) is 4.00. The Balaban J connectivity index is 2.19. The summed E-state index contributed by atoms with van der Waals surface area (Å²) in [6.07, 6.45) is 4.54. The van der Waals surface area contributed by atoms with E-state index in [1.807, 2.05) is 0 Å². The Kier molecular flexibility index (Phi) is 5.60. The molecule has 1 saturated heterocycles. The van der Waals surface area contributed by atoms with Crippen molar-refractivity contribution < 1.29 is 4.79 Å². The summed E-state index contributed by atoms with van der Waals surface area (Å²) in [5.41, 5.74) is 5.24. The minimum Gasteiger partial charge on any atom is -0.351 e. The van der Waals surface area contributed by atoms with Crippen LogP contribution in [0.2, 0.25) is 0 Å². The molecule has 16 heavy (non-hydrogen) atoms. The lowest BCUT2D eigenvalue weighted by Crippen LogP contribution is -2.47. The van der Waals surface area contributed by atoms with Gasteiger partial charge in [0, 0.05) is 19.1 Å². The van der Waals surface area contributed by atoms with Gasteiger partial charge >= 0.3 is 6.03 Å². The Hall–Kier alpha value is -0.770. The van der Waals surface area contributed by atoms with Gasteiger partial charge in [0.2, 0.25) is 0 Å². The zero-order valence-corrected chi connectivity index (χ0v) is 10.5. The van der Waals surface area contributed by atoms with E-state index in [9.17, 15) is 4.79 Å². The molecule has 94 valence electrons. The van der Waals surface area contributed by atoms with Gasteiger partial charge in [0.15, 0.2) is 0 Å². The number of likely N-dealkylation sites (tertiary alicyclic amines) is 1. The summed E-state index contributed by atoms with van der Waals surface area (Å²) in [4.78, 5) is 12.7. The lowest BCUT2D eigenvalue weighted by Gasteiger charge is -2.32. The maximum atomic E-state index is 10.9. The van der Waals surface area contributed by atoms with Gasteiger partial charge in [0.1, 0.15) is 0 Å². The first-order chi connectivity index (χ1) is 7.67. The van der Waals surface area contributed by atoms with E-state index in [0.29, 0.717) is 6.04 Å². The number of urea groups is 1. The molecule has 1 aliphatic heterocycles. The molecule has 0 unspecified atom stereocenters. The quantitative estimate of drug-likeness (QED) is 0.748. The molecule has 0 saturated carbocycles. The van der Waals surface area contributed by atoms with Crippen LogP contribution in [0.3, 0.4) is 0 Å². The smallest absolute Gasteiger partial charge is 0.314 e. The normalized spacial score (nSPS) is 18.1. The van der Waals surface area contributed by atoms with E-state index in [0.717, 1.165) is 38.4 Å². The summed E-state index contributed by atoms with van der Waals surface area (Å²) in [7, 11) is 0. The van der Waals surface area contributed by atoms with Crippen LogP contribution < -0.4 is 11.1 Å². The number of carbonyl (C=O) groups excluding carboxylic acids is 1. The predicted octanol–water partition coefficient (Wildman–Crippen LogP) is 1.56. The van der Waals surface area contributed by atoms with E-state index in [-0.39, 0.29) is 6.03 Å². The standard InChI is InChI=1S/C12H25N3O/c1-3-10(4-2)9-14-11-5-7-15(8-6-11)12(13)16/h10-11,14H,3-9H2,1-2H3,(H2,13,16). The third-order valence-electron chi connectivity index (χ3n) is 3.66. The number of amides is 2. The number of primary amides is 1. The fraction of sp³-hybridized carbons (Fsp3) is 0.917. The molecule has 0 aromatic rings. The fourth-order valence-electron chi connectivity index (χ4n) is 2.21. The number of nitrogens with zero attached hydrogens (tertiary/aromatic N) is 1. The zero-order chi connectivity index (χ0) is 12.0. The number of rotatable bonds is 5. The van der Waals surface area contributed by atoms with Crippen molar-refractivity contribution in [3.63, 3.8) is 0 Å². The van der Waals surface area contributed by atoms with Crippen molar-refractivity contribution in [3.05, 3.63) is 0 Å².